The van der Waals surface area contributed by atoms with Crippen LogP contribution in [-0.4, -0.2) is 35.0 Å². The van der Waals surface area contributed by atoms with Gasteiger partial charge in [-0.15, -0.1) is 0 Å². The van der Waals surface area contributed by atoms with Crippen molar-refractivity contribution in [1.29, 1.82) is 5.26 Å². The number of rotatable bonds is 2. The first-order valence-electron chi connectivity index (χ1n) is 7.85. The maximum absolute atomic E-state index is 13.8. The van der Waals surface area contributed by atoms with Crippen molar-refractivity contribution in [3.05, 3.63) is 35.4 Å². The van der Waals surface area contributed by atoms with E-state index in [1.54, 1.807) is 58.9 Å². The summed E-state index contributed by atoms with van der Waals surface area (Å²) in [6.45, 7) is 7.95. The standard InChI is InChI=1S/C18H23FN2O3/c1-17(2,3)24-16(22)21-14(10-19)15(23-18(21,4)5)13-8-6-12(11-20)7-9-13/h6-9,14-15H,10H2,1-5H3/t14-,15-/m1/s1. The third-order valence-electron chi connectivity index (χ3n) is 3.79. The van der Waals surface area contributed by atoms with Crippen molar-refractivity contribution in [1.82, 2.24) is 4.90 Å². The van der Waals surface area contributed by atoms with Crippen LogP contribution in [-0.2, 0) is 9.47 Å². The van der Waals surface area contributed by atoms with Gasteiger partial charge in [0.25, 0.3) is 0 Å². The van der Waals surface area contributed by atoms with Crippen LogP contribution in [0.1, 0.15) is 51.8 Å². The largest absolute Gasteiger partial charge is 0.444 e. The Labute approximate surface area is 142 Å². The average Bonchev–Trinajstić information content (AvgIpc) is 2.76. The van der Waals surface area contributed by atoms with Crippen LogP contribution in [0, 0.1) is 11.3 Å². The molecule has 0 saturated carbocycles. The summed E-state index contributed by atoms with van der Waals surface area (Å²) in [7, 11) is 0. The molecule has 1 heterocycles. The minimum Gasteiger partial charge on any atom is -0.444 e. The van der Waals surface area contributed by atoms with Gasteiger partial charge in [0.1, 0.15) is 24.1 Å². The Morgan fingerprint density at radius 2 is 1.96 bits per heavy atom. The van der Waals surface area contributed by atoms with Crippen molar-refractivity contribution in [3.8, 4) is 6.07 Å². The zero-order valence-electron chi connectivity index (χ0n) is 14.7. The Hall–Kier alpha value is -2.13. The van der Waals surface area contributed by atoms with Crippen molar-refractivity contribution in [2.75, 3.05) is 6.67 Å². The number of ether oxygens (including phenoxy) is 2. The molecule has 24 heavy (non-hydrogen) atoms. The Bertz CT molecular complexity index is 644. The Morgan fingerprint density at radius 3 is 2.42 bits per heavy atom. The molecule has 5 nitrogen and oxygen atoms in total. The summed E-state index contributed by atoms with van der Waals surface area (Å²) in [6, 6.07) is 8.00. The van der Waals surface area contributed by atoms with Gasteiger partial charge in [0, 0.05) is 0 Å². The number of alkyl halides is 1. The molecule has 0 spiro atoms. The van der Waals surface area contributed by atoms with E-state index in [9.17, 15) is 9.18 Å². The van der Waals surface area contributed by atoms with Gasteiger partial charge in [0.05, 0.1) is 17.7 Å². The quantitative estimate of drug-likeness (QED) is 0.822. The number of nitrogens with zero attached hydrogens (tertiary/aromatic N) is 2. The van der Waals surface area contributed by atoms with Gasteiger partial charge in [-0.05, 0) is 52.3 Å². The lowest BCUT2D eigenvalue weighted by Gasteiger charge is -2.34. The molecule has 6 heteroatoms. The van der Waals surface area contributed by atoms with Gasteiger partial charge in [-0.3, -0.25) is 4.90 Å². The van der Waals surface area contributed by atoms with E-state index in [0.29, 0.717) is 5.56 Å². The van der Waals surface area contributed by atoms with E-state index in [4.69, 9.17) is 14.7 Å². The van der Waals surface area contributed by atoms with E-state index in [2.05, 4.69) is 0 Å². The van der Waals surface area contributed by atoms with Crippen LogP contribution in [0.25, 0.3) is 0 Å². The molecule has 1 aromatic carbocycles. The first kappa shape index (κ1) is 18.2. The summed E-state index contributed by atoms with van der Waals surface area (Å²) in [5.74, 6) is 0. The topological polar surface area (TPSA) is 62.6 Å². The predicted octanol–water partition coefficient (Wildman–Crippen LogP) is 3.94. The first-order valence-corrected chi connectivity index (χ1v) is 7.85. The van der Waals surface area contributed by atoms with Crippen LogP contribution in [0.5, 0.6) is 0 Å². The molecule has 1 saturated heterocycles. The number of carbonyl (C=O) groups excluding carboxylic acids is 1. The third kappa shape index (κ3) is 3.68. The molecular weight excluding hydrogens is 311 g/mol. The minimum atomic E-state index is -1.00. The molecule has 1 aromatic rings. The zero-order chi connectivity index (χ0) is 18.1. The van der Waals surface area contributed by atoms with Crippen molar-refractivity contribution < 1.29 is 18.7 Å². The molecule has 1 aliphatic heterocycles. The first-order chi connectivity index (χ1) is 11.1. The number of amides is 1. The molecule has 2 atom stereocenters. The molecule has 1 fully saturated rings. The second kappa shape index (κ2) is 6.40. The maximum Gasteiger partial charge on any atom is 0.413 e. The second-order valence-electron chi connectivity index (χ2n) is 7.29. The molecular formula is C18H23FN2O3. The van der Waals surface area contributed by atoms with Crippen molar-refractivity contribution in [2.24, 2.45) is 0 Å². The number of hydrogen-bond acceptors (Lipinski definition) is 4. The van der Waals surface area contributed by atoms with Gasteiger partial charge in [-0.2, -0.15) is 5.26 Å². The summed E-state index contributed by atoms with van der Waals surface area (Å²) < 4.78 is 25.2. The van der Waals surface area contributed by atoms with Crippen molar-refractivity contribution in [2.45, 2.75) is 58.1 Å². The van der Waals surface area contributed by atoms with Crippen LogP contribution in [0.3, 0.4) is 0 Å². The molecule has 0 aromatic heterocycles. The smallest absolute Gasteiger partial charge is 0.413 e. The lowest BCUT2D eigenvalue weighted by Crippen LogP contribution is -2.50. The molecule has 1 aliphatic rings. The maximum atomic E-state index is 13.8. The van der Waals surface area contributed by atoms with Crippen molar-refractivity contribution >= 4 is 6.09 Å². The van der Waals surface area contributed by atoms with E-state index in [1.165, 1.54) is 4.90 Å². The van der Waals surface area contributed by atoms with Crippen LogP contribution in [0.2, 0.25) is 0 Å². The molecule has 0 N–H and O–H groups in total. The highest BCUT2D eigenvalue weighted by Gasteiger charge is 2.51. The normalized spacial score (nSPS) is 23.0. The Kier molecular flexibility index (Phi) is 4.86. The number of hydrogen-bond donors (Lipinski definition) is 0. The van der Waals surface area contributed by atoms with Crippen molar-refractivity contribution in [3.63, 3.8) is 0 Å². The van der Waals surface area contributed by atoms with E-state index in [-0.39, 0.29) is 0 Å². The molecule has 130 valence electrons. The minimum absolute atomic E-state index is 0.511. The molecule has 1 amide bonds. The summed E-state index contributed by atoms with van der Waals surface area (Å²) in [4.78, 5) is 13.9. The summed E-state index contributed by atoms with van der Waals surface area (Å²) >= 11 is 0. The Morgan fingerprint density at radius 1 is 1.38 bits per heavy atom. The molecule has 0 unspecified atom stereocenters. The number of benzene rings is 1. The zero-order valence-corrected chi connectivity index (χ0v) is 14.7. The summed E-state index contributed by atoms with van der Waals surface area (Å²) in [5.41, 5.74) is -0.453. The van der Waals surface area contributed by atoms with Crippen LogP contribution < -0.4 is 0 Å². The monoisotopic (exact) mass is 334 g/mol. The number of halogens is 1. The number of carbonyl (C=O) groups is 1. The van der Waals surface area contributed by atoms with Gasteiger partial charge in [-0.1, -0.05) is 12.1 Å². The fourth-order valence-corrected chi connectivity index (χ4v) is 2.83. The second-order valence-corrected chi connectivity index (χ2v) is 7.29. The van der Waals surface area contributed by atoms with E-state index in [1.807, 2.05) is 6.07 Å². The lowest BCUT2D eigenvalue weighted by molar-refractivity contribution is -0.0797. The van der Waals surface area contributed by atoms with Gasteiger partial charge < -0.3 is 9.47 Å². The van der Waals surface area contributed by atoms with Crippen LogP contribution in [0.15, 0.2) is 24.3 Å². The SMILES string of the molecule is CC(C)(C)OC(=O)N1[C@H](CF)[C@@H](c2ccc(C#N)cc2)OC1(C)C. The highest BCUT2D eigenvalue weighted by atomic mass is 19.1. The summed E-state index contributed by atoms with van der Waals surface area (Å²) in [5, 5.41) is 8.89. The Balaban J connectivity index is 2.32. The number of nitriles is 1. The fourth-order valence-electron chi connectivity index (χ4n) is 2.83. The van der Waals surface area contributed by atoms with Gasteiger partial charge in [0.15, 0.2) is 0 Å². The third-order valence-corrected chi connectivity index (χ3v) is 3.79. The highest BCUT2D eigenvalue weighted by molar-refractivity contribution is 5.70. The fraction of sp³-hybridized carbons (Fsp3) is 0.556. The van der Waals surface area contributed by atoms with E-state index < -0.39 is 36.2 Å². The molecule has 0 bridgehead atoms. The average molecular weight is 334 g/mol. The molecule has 2 rings (SSSR count). The van der Waals surface area contributed by atoms with Gasteiger partial charge in [-0.25, -0.2) is 9.18 Å². The van der Waals surface area contributed by atoms with E-state index in [0.717, 1.165) is 5.56 Å². The van der Waals surface area contributed by atoms with Gasteiger partial charge in [0.2, 0.25) is 0 Å². The molecule has 0 radical (unpaired) electrons. The van der Waals surface area contributed by atoms with Crippen LogP contribution in [0.4, 0.5) is 9.18 Å². The van der Waals surface area contributed by atoms with Crippen LogP contribution >= 0.6 is 0 Å². The molecule has 0 aliphatic carbocycles. The lowest BCUT2D eigenvalue weighted by atomic mass is 10.0. The highest BCUT2D eigenvalue weighted by Crippen LogP contribution is 2.42. The summed E-state index contributed by atoms with van der Waals surface area (Å²) in [6.07, 6.45) is -1.23. The van der Waals surface area contributed by atoms with E-state index >= 15 is 0 Å². The predicted molar refractivity (Wildman–Crippen MR) is 86.9 cm³/mol. The van der Waals surface area contributed by atoms with Gasteiger partial charge >= 0.3 is 6.09 Å².